The van der Waals surface area contributed by atoms with Crippen LogP contribution in [0.5, 0.6) is 0 Å². The molecule has 6 nitrogen and oxygen atoms in total. The lowest BCUT2D eigenvalue weighted by Crippen LogP contribution is -3.10. The molecule has 2 N–H and O–H groups in total. The number of ether oxygens (including phenoxy) is 1. The molecule has 3 rings (SSSR count). The highest BCUT2D eigenvalue weighted by molar-refractivity contribution is 7.20. The summed E-state index contributed by atoms with van der Waals surface area (Å²) in [6, 6.07) is 4.21. The fourth-order valence-corrected chi connectivity index (χ4v) is 5.01. The molecule has 0 aliphatic carbocycles. The number of aromatic amines is 1. The van der Waals surface area contributed by atoms with Gasteiger partial charge >= 0.3 is 5.97 Å². The van der Waals surface area contributed by atoms with Gasteiger partial charge in [-0.2, -0.15) is 0 Å². The maximum absolute atomic E-state index is 12.7. The molecule has 0 saturated carbocycles. The quantitative estimate of drug-likeness (QED) is 0.592. The van der Waals surface area contributed by atoms with Crippen molar-refractivity contribution in [3.05, 3.63) is 49.0 Å². The van der Waals surface area contributed by atoms with Crippen molar-refractivity contribution >= 4 is 38.9 Å². The van der Waals surface area contributed by atoms with Gasteiger partial charge in [-0.25, -0.2) is 9.78 Å². The fourth-order valence-electron chi connectivity index (χ4n) is 3.17. The van der Waals surface area contributed by atoms with E-state index in [2.05, 4.69) is 36.3 Å². The number of fused-ring (bicyclic) bond motifs is 1. The number of aromatic nitrogens is 2. The van der Waals surface area contributed by atoms with Gasteiger partial charge < -0.3 is 14.6 Å². The molecular weight excluding hydrogens is 382 g/mol. The van der Waals surface area contributed by atoms with Crippen molar-refractivity contribution in [2.75, 3.05) is 13.2 Å². The first-order chi connectivity index (χ1) is 13.0. The molecule has 8 heteroatoms. The van der Waals surface area contributed by atoms with Gasteiger partial charge in [-0.05, 0) is 44.7 Å². The summed E-state index contributed by atoms with van der Waals surface area (Å²) in [4.78, 5) is 36.1. The average Bonchev–Trinajstić information content (AvgIpc) is 3.27. The predicted molar refractivity (Wildman–Crippen MR) is 109 cm³/mol. The van der Waals surface area contributed by atoms with Crippen LogP contribution in [-0.2, 0) is 11.3 Å². The van der Waals surface area contributed by atoms with Gasteiger partial charge in [0.1, 0.15) is 22.3 Å². The molecule has 0 aliphatic heterocycles. The first-order valence-electron chi connectivity index (χ1n) is 9.03. The van der Waals surface area contributed by atoms with Crippen molar-refractivity contribution < 1.29 is 14.4 Å². The van der Waals surface area contributed by atoms with E-state index in [-0.39, 0.29) is 11.6 Å². The summed E-state index contributed by atoms with van der Waals surface area (Å²) < 4.78 is 5.10. The summed E-state index contributed by atoms with van der Waals surface area (Å²) >= 11 is 2.97. The molecule has 0 saturated heterocycles. The predicted octanol–water partition coefficient (Wildman–Crippen LogP) is 2.70. The topological polar surface area (TPSA) is 76.5 Å². The van der Waals surface area contributed by atoms with E-state index in [4.69, 9.17) is 9.72 Å². The number of carbonyl (C=O) groups is 1. The molecule has 0 radical (unpaired) electrons. The number of hydrogen-bond donors (Lipinski definition) is 2. The van der Waals surface area contributed by atoms with Crippen LogP contribution in [0.25, 0.3) is 10.2 Å². The molecule has 2 atom stereocenters. The smallest absolute Gasteiger partial charge is 0.348 e. The monoisotopic (exact) mass is 406 g/mol. The second-order valence-corrected chi connectivity index (χ2v) is 8.43. The summed E-state index contributed by atoms with van der Waals surface area (Å²) in [7, 11) is 0. The summed E-state index contributed by atoms with van der Waals surface area (Å²) in [6.07, 6.45) is 0. The van der Waals surface area contributed by atoms with Gasteiger partial charge in [0.25, 0.3) is 5.56 Å². The highest BCUT2D eigenvalue weighted by Gasteiger charge is 2.25. The normalized spacial score (nSPS) is 13.6. The van der Waals surface area contributed by atoms with Crippen molar-refractivity contribution in [2.45, 2.75) is 40.3 Å². The molecule has 0 amide bonds. The summed E-state index contributed by atoms with van der Waals surface area (Å²) in [5, 5.41) is 2.56. The third-order valence-electron chi connectivity index (χ3n) is 4.74. The van der Waals surface area contributed by atoms with Crippen LogP contribution in [0.4, 0.5) is 0 Å². The Morgan fingerprint density at radius 1 is 1.41 bits per heavy atom. The Labute approximate surface area is 165 Å². The largest absolute Gasteiger partial charge is 0.462 e. The number of hydrogen-bond acceptors (Lipinski definition) is 6. The zero-order valence-corrected chi connectivity index (χ0v) is 17.6. The highest BCUT2D eigenvalue weighted by Crippen LogP contribution is 2.28. The van der Waals surface area contributed by atoms with E-state index < -0.39 is 5.97 Å². The Bertz CT molecular complexity index is 992. The number of nitrogens with one attached hydrogen (secondary N) is 2. The van der Waals surface area contributed by atoms with Crippen molar-refractivity contribution in [3.63, 3.8) is 0 Å². The van der Waals surface area contributed by atoms with Crippen LogP contribution >= 0.6 is 22.7 Å². The van der Waals surface area contributed by atoms with Crippen molar-refractivity contribution in [2.24, 2.45) is 0 Å². The molecule has 3 aromatic heterocycles. The summed E-state index contributed by atoms with van der Waals surface area (Å²) in [6.45, 7) is 9.84. The number of aryl methyl sites for hydroxylation is 1. The lowest BCUT2D eigenvalue weighted by molar-refractivity contribution is -0.941. The maximum Gasteiger partial charge on any atom is 0.348 e. The van der Waals surface area contributed by atoms with Gasteiger partial charge in [0, 0.05) is 0 Å². The van der Waals surface area contributed by atoms with E-state index >= 15 is 0 Å². The van der Waals surface area contributed by atoms with Crippen LogP contribution < -0.4 is 10.5 Å². The van der Waals surface area contributed by atoms with E-state index in [1.165, 1.54) is 21.1 Å². The van der Waals surface area contributed by atoms with Gasteiger partial charge in [0.15, 0.2) is 5.82 Å². The lowest BCUT2D eigenvalue weighted by Gasteiger charge is -2.23. The molecule has 0 bridgehead atoms. The Balaban J connectivity index is 1.97. The van der Waals surface area contributed by atoms with Crippen LogP contribution in [-0.4, -0.2) is 29.1 Å². The van der Waals surface area contributed by atoms with Crippen LogP contribution in [0.1, 0.15) is 52.7 Å². The Morgan fingerprint density at radius 2 is 2.19 bits per heavy atom. The number of carbonyl (C=O) groups excluding carboxylic acids is 1. The Morgan fingerprint density at radius 3 is 2.81 bits per heavy atom. The van der Waals surface area contributed by atoms with E-state index in [1.54, 1.807) is 25.2 Å². The molecule has 3 aromatic rings. The molecule has 3 heterocycles. The Hall–Kier alpha value is -2.03. The SMILES string of the molecule is CCOC(=O)c1sc2nc([C@@H](C)[NH+](CC)Cc3cccs3)[nH]c(=O)c2c1C. The molecule has 0 aromatic carbocycles. The maximum atomic E-state index is 12.7. The van der Waals surface area contributed by atoms with Crippen molar-refractivity contribution in [3.8, 4) is 0 Å². The van der Waals surface area contributed by atoms with Gasteiger partial charge in [0.2, 0.25) is 0 Å². The molecule has 0 spiro atoms. The van der Waals surface area contributed by atoms with E-state index in [0.29, 0.717) is 33.1 Å². The number of rotatable bonds is 7. The number of thiophene rings is 2. The minimum absolute atomic E-state index is 0.0302. The van der Waals surface area contributed by atoms with Crippen LogP contribution in [0, 0.1) is 6.92 Å². The fraction of sp³-hybridized carbons (Fsp3) is 0.421. The van der Waals surface area contributed by atoms with Crippen LogP contribution in [0.15, 0.2) is 22.3 Å². The van der Waals surface area contributed by atoms with Gasteiger partial charge in [-0.3, -0.25) is 4.79 Å². The first kappa shape index (κ1) is 19.7. The molecule has 1 unspecified atom stereocenters. The van der Waals surface area contributed by atoms with E-state index in [0.717, 1.165) is 13.1 Å². The number of esters is 1. The van der Waals surface area contributed by atoms with Gasteiger partial charge in [0.05, 0.1) is 23.4 Å². The third-order valence-corrected chi connectivity index (χ3v) is 6.78. The molecule has 144 valence electrons. The van der Waals surface area contributed by atoms with Crippen molar-refractivity contribution in [1.29, 1.82) is 0 Å². The van der Waals surface area contributed by atoms with E-state index in [9.17, 15) is 9.59 Å². The second-order valence-electron chi connectivity index (χ2n) is 6.40. The minimum Gasteiger partial charge on any atom is -0.462 e. The second kappa shape index (κ2) is 8.33. The molecular formula is C19H24N3O3S2+. The first-order valence-corrected chi connectivity index (χ1v) is 10.7. The van der Waals surface area contributed by atoms with Crippen LogP contribution in [0.2, 0.25) is 0 Å². The van der Waals surface area contributed by atoms with Crippen molar-refractivity contribution in [1.82, 2.24) is 9.97 Å². The molecule has 0 aliphatic rings. The third kappa shape index (κ3) is 3.97. The molecule has 0 fully saturated rings. The number of quaternary nitrogens is 1. The van der Waals surface area contributed by atoms with Gasteiger partial charge in [-0.1, -0.05) is 6.07 Å². The number of nitrogens with zero attached hydrogens (tertiary/aromatic N) is 1. The summed E-state index contributed by atoms with van der Waals surface area (Å²) in [5.41, 5.74) is 0.442. The minimum atomic E-state index is -0.398. The zero-order valence-electron chi connectivity index (χ0n) is 15.9. The van der Waals surface area contributed by atoms with Gasteiger partial charge in [-0.15, -0.1) is 22.7 Å². The standard InChI is InChI=1S/C19H23N3O3S2/c1-5-22(10-13-8-7-9-26-13)12(4)16-20-17(23)14-11(3)15(19(24)25-6-2)27-18(14)21-16/h7-9,12H,5-6,10H2,1-4H3,(H,20,21,23)/p+1/t12-/m1/s1. The van der Waals surface area contributed by atoms with E-state index in [1.807, 2.05) is 0 Å². The zero-order chi connectivity index (χ0) is 19.6. The highest BCUT2D eigenvalue weighted by atomic mass is 32.1. The van der Waals surface area contributed by atoms with Crippen LogP contribution in [0.3, 0.4) is 0 Å². The molecule has 27 heavy (non-hydrogen) atoms. The average molecular weight is 407 g/mol. The summed E-state index contributed by atoms with van der Waals surface area (Å²) in [5.74, 6) is 0.253. The lowest BCUT2D eigenvalue weighted by atomic mass is 10.2. The number of H-pyrrole nitrogens is 1. The Kier molecular flexibility index (Phi) is 6.08.